The number of aromatic nitrogens is 2. The van der Waals surface area contributed by atoms with Crippen molar-refractivity contribution in [2.75, 3.05) is 10.7 Å². The highest BCUT2D eigenvalue weighted by Gasteiger charge is 2.18. The smallest absolute Gasteiger partial charge is 0.329 e. The van der Waals surface area contributed by atoms with Gasteiger partial charge in [0.25, 0.3) is 0 Å². The van der Waals surface area contributed by atoms with Gasteiger partial charge in [-0.1, -0.05) is 22.0 Å². The van der Waals surface area contributed by atoms with E-state index in [1.807, 2.05) is 19.1 Å². The number of hydrogen-bond acceptors (Lipinski definition) is 7. The molecule has 0 aliphatic rings. The van der Waals surface area contributed by atoms with Crippen LogP contribution in [0.15, 0.2) is 28.9 Å². The topological polar surface area (TPSA) is 119 Å². The minimum absolute atomic E-state index is 0.0687. The standard InChI is InChI=1S/C11H11BrN6O2/c1-6-2-3-7(12)4-8(6)15-10-9(18(19)20)5-14-11(16-10)17-13/h2-5H,13H2,1H3,(H2,14,15,16,17). The van der Waals surface area contributed by atoms with E-state index < -0.39 is 4.92 Å². The van der Waals surface area contributed by atoms with Crippen molar-refractivity contribution in [1.29, 1.82) is 0 Å². The Kier molecular flexibility index (Phi) is 4.11. The normalized spacial score (nSPS) is 10.2. The predicted octanol–water partition coefficient (Wildman–Crippen LogP) is 2.48. The van der Waals surface area contributed by atoms with Crippen molar-refractivity contribution in [1.82, 2.24) is 9.97 Å². The quantitative estimate of drug-likeness (QED) is 0.445. The molecule has 0 aliphatic carbocycles. The van der Waals surface area contributed by atoms with Crippen LogP contribution in [0.3, 0.4) is 0 Å². The number of benzene rings is 1. The summed E-state index contributed by atoms with van der Waals surface area (Å²) in [6, 6.07) is 5.56. The summed E-state index contributed by atoms with van der Waals surface area (Å²) >= 11 is 3.35. The Balaban J connectivity index is 2.45. The fraction of sp³-hybridized carbons (Fsp3) is 0.0909. The van der Waals surface area contributed by atoms with E-state index in [1.54, 1.807) is 6.07 Å². The van der Waals surface area contributed by atoms with Gasteiger partial charge in [-0.15, -0.1) is 0 Å². The van der Waals surface area contributed by atoms with Crippen molar-refractivity contribution in [2.45, 2.75) is 6.92 Å². The maximum absolute atomic E-state index is 11.0. The molecule has 0 saturated carbocycles. The van der Waals surface area contributed by atoms with Crippen LogP contribution in [0.5, 0.6) is 0 Å². The zero-order valence-electron chi connectivity index (χ0n) is 10.4. The monoisotopic (exact) mass is 338 g/mol. The molecule has 0 unspecified atom stereocenters. The van der Waals surface area contributed by atoms with Crippen molar-refractivity contribution >= 4 is 39.1 Å². The Labute approximate surface area is 122 Å². The molecule has 0 spiro atoms. The largest absolute Gasteiger partial charge is 0.334 e. The molecule has 0 aliphatic heterocycles. The van der Waals surface area contributed by atoms with Gasteiger partial charge in [-0.3, -0.25) is 15.5 Å². The molecule has 2 aromatic rings. The maximum Gasteiger partial charge on any atom is 0.329 e. The number of nitrogens with one attached hydrogen (secondary N) is 2. The SMILES string of the molecule is Cc1ccc(Br)cc1Nc1nc(NN)ncc1[N+](=O)[O-]. The number of hydrazine groups is 1. The summed E-state index contributed by atoms with van der Waals surface area (Å²) in [5, 5.41) is 13.9. The molecule has 0 fully saturated rings. The summed E-state index contributed by atoms with van der Waals surface area (Å²) in [6.07, 6.45) is 1.10. The second-order valence-electron chi connectivity index (χ2n) is 3.91. The Morgan fingerprint density at radius 2 is 2.20 bits per heavy atom. The van der Waals surface area contributed by atoms with Gasteiger partial charge in [-0.05, 0) is 24.6 Å². The van der Waals surface area contributed by atoms with E-state index in [1.165, 1.54) is 0 Å². The van der Waals surface area contributed by atoms with E-state index in [9.17, 15) is 10.1 Å². The number of nitro groups is 1. The first-order chi connectivity index (χ1) is 9.51. The van der Waals surface area contributed by atoms with Crippen LogP contribution >= 0.6 is 15.9 Å². The van der Waals surface area contributed by atoms with Gasteiger partial charge in [-0.2, -0.15) is 4.98 Å². The number of nitrogens with zero attached hydrogens (tertiary/aromatic N) is 3. The third-order valence-corrected chi connectivity index (χ3v) is 3.04. The molecule has 0 radical (unpaired) electrons. The fourth-order valence-electron chi connectivity index (χ4n) is 1.53. The van der Waals surface area contributed by atoms with Gasteiger partial charge >= 0.3 is 5.69 Å². The molecule has 0 saturated heterocycles. The Bertz CT molecular complexity index is 663. The lowest BCUT2D eigenvalue weighted by Crippen LogP contribution is -2.12. The minimum atomic E-state index is -0.560. The van der Waals surface area contributed by atoms with Gasteiger partial charge in [0.15, 0.2) is 0 Å². The van der Waals surface area contributed by atoms with Crippen LogP contribution in [-0.4, -0.2) is 14.9 Å². The summed E-state index contributed by atoms with van der Waals surface area (Å²) in [4.78, 5) is 18.1. The van der Waals surface area contributed by atoms with E-state index in [0.29, 0.717) is 5.69 Å². The maximum atomic E-state index is 11.0. The number of aryl methyl sites for hydroxylation is 1. The third kappa shape index (κ3) is 3.00. The Morgan fingerprint density at radius 1 is 1.45 bits per heavy atom. The van der Waals surface area contributed by atoms with Gasteiger partial charge in [0.1, 0.15) is 6.20 Å². The summed E-state index contributed by atoms with van der Waals surface area (Å²) < 4.78 is 0.847. The van der Waals surface area contributed by atoms with Crippen LogP contribution in [0.1, 0.15) is 5.56 Å². The van der Waals surface area contributed by atoms with Crippen molar-refractivity contribution in [3.63, 3.8) is 0 Å². The molecule has 0 amide bonds. The van der Waals surface area contributed by atoms with Gasteiger partial charge in [0.05, 0.1) is 4.92 Å². The molecule has 8 nitrogen and oxygen atoms in total. The van der Waals surface area contributed by atoms with Crippen molar-refractivity contribution in [3.8, 4) is 0 Å². The zero-order chi connectivity index (χ0) is 14.7. The van der Waals surface area contributed by atoms with Crippen LogP contribution in [0.4, 0.5) is 23.1 Å². The summed E-state index contributed by atoms with van der Waals surface area (Å²) in [5.74, 6) is 5.37. The number of rotatable bonds is 4. The van der Waals surface area contributed by atoms with E-state index in [2.05, 4.69) is 36.6 Å². The van der Waals surface area contributed by atoms with Crippen LogP contribution in [0.25, 0.3) is 0 Å². The summed E-state index contributed by atoms with van der Waals surface area (Å²) in [5.41, 5.74) is 3.64. The highest BCUT2D eigenvalue weighted by Crippen LogP contribution is 2.28. The Morgan fingerprint density at radius 3 is 2.85 bits per heavy atom. The number of halogens is 1. The molecule has 1 aromatic carbocycles. The molecular weight excluding hydrogens is 328 g/mol. The number of nitrogens with two attached hydrogens (primary N) is 1. The number of nitrogen functional groups attached to an aromatic ring is 1. The predicted molar refractivity (Wildman–Crippen MR) is 78.7 cm³/mol. The molecular formula is C11H11BrN6O2. The van der Waals surface area contributed by atoms with Gasteiger partial charge in [0, 0.05) is 10.2 Å². The second-order valence-corrected chi connectivity index (χ2v) is 4.83. The van der Waals surface area contributed by atoms with Crippen LogP contribution < -0.4 is 16.6 Å². The first-order valence-electron chi connectivity index (χ1n) is 5.52. The average Bonchev–Trinajstić information content (AvgIpc) is 2.42. The molecule has 1 aromatic heterocycles. The zero-order valence-corrected chi connectivity index (χ0v) is 12.0. The van der Waals surface area contributed by atoms with E-state index in [-0.39, 0.29) is 17.5 Å². The van der Waals surface area contributed by atoms with Gasteiger partial charge in [-0.25, -0.2) is 10.8 Å². The van der Waals surface area contributed by atoms with Gasteiger partial charge < -0.3 is 5.32 Å². The number of anilines is 3. The van der Waals surface area contributed by atoms with Crippen molar-refractivity contribution in [2.24, 2.45) is 5.84 Å². The first kappa shape index (κ1) is 14.2. The minimum Gasteiger partial charge on any atom is -0.334 e. The molecule has 20 heavy (non-hydrogen) atoms. The molecule has 4 N–H and O–H groups in total. The van der Waals surface area contributed by atoms with E-state index in [0.717, 1.165) is 16.2 Å². The highest BCUT2D eigenvalue weighted by atomic mass is 79.9. The Hall–Kier alpha value is -2.26. The average molecular weight is 339 g/mol. The molecule has 104 valence electrons. The lowest BCUT2D eigenvalue weighted by Gasteiger charge is -2.10. The second kappa shape index (κ2) is 5.80. The fourth-order valence-corrected chi connectivity index (χ4v) is 1.89. The van der Waals surface area contributed by atoms with Crippen LogP contribution in [0, 0.1) is 17.0 Å². The lowest BCUT2D eigenvalue weighted by atomic mass is 10.2. The van der Waals surface area contributed by atoms with Crippen LogP contribution in [-0.2, 0) is 0 Å². The van der Waals surface area contributed by atoms with Crippen molar-refractivity contribution < 1.29 is 4.92 Å². The first-order valence-corrected chi connectivity index (χ1v) is 6.32. The van der Waals surface area contributed by atoms with Gasteiger partial charge in [0.2, 0.25) is 11.8 Å². The molecule has 9 heteroatoms. The summed E-state index contributed by atoms with van der Waals surface area (Å²) in [6.45, 7) is 1.88. The van der Waals surface area contributed by atoms with E-state index >= 15 is 0 Å². The number of hydrogen-bond donors (Lipinski definition) is 3. The molecule has 1 heterocycles. The summed E-state index contributed by atoms with van der Waals surface area (Å²) in [7, 11) is 0. The molecule has 2 rings (SSSR count). The van der Waals surface area contributed by atoms with E-state index in [4.69, 9.17) is 5.84 Å². The molecule has 0 bridgehead atoms. The highest BCUT2D eigenvalue weighted by molar-refractivity contribution is 9.10. The molecule has 0 atom stereocenters. The lowest BCUT2D eigenvalue weighted by molar-refractivity contribution is -0.384. The third-order valence-electron chi connectivity index (χ3n) is 2.55. The van der Waals surface area contributed by atoms with Crippen molar-refractivity contribution in [3.05, 3.63) is 44.5 Å². The van der Waals surface area contributed by atoms with Crippen LogP contribution in [0.2, 0.25) is 0 Å².